The van der Waals surface area contributed by atoms with Crippen molar-refractivity contribution in [1.29, 1.82) is 0 Å². The maximum absolute atomic E-state index is 11.5. The van der Waals surface area contributed by atoms with Crippen molar-refractivity contribution in [2.75, 3.05) is 11.4 Å². The summed E-state index contributed by atoms with van der Waals surface area (Å²) in [7, 11) is 0. The molecule has 0 atom stereocenters. The predicted octanol–water partition coefficient (Wildman–Crippen LogP) is 5.60. The van der Waals surface area contributed by atoms with Crippen LogP contribution in [0.2, 0.25) is 5.02 Å². The molecule has 2 heterocycles. The van der Waals surface area contributed by atoms with Crippen LogP contribution in [0.5, 0.6) is 0 Å². The molecule has 5 heteroatoms. The molecule has 2 aromatic carbocycles. The van der Waals surface area contributed by atoms with Gasteiger partial charge in [0.15, 0.2) is 5.78 Å². The molecule has 0 saturated carbocycles. The van der Waals surface area contributed by atoms with Gasteiger partial charge in [-0.05, 0) is 44.2 Å². The van der Waals surface area contributed by atoms with E-state index in [1.807, 2.05) is 24.3 Å². The van der Waals surface area contributed by atoms with Crippen LogP contribution >= 0.6 is 23.4 Å². The van der Waals surface area contributed by atoms with Crippen molar-refractivity contribution in [2.45, 2.75) is 18.7 Å². The molecule has 3 nitrogen and oxygen atoms in total. The molecule has 1 aliphatic heterocycles. The zero-order chi connectivity index (χ0) is 16.1. The number of benzene rings is 2. The zero-order valence-corrected chi connectivity index (χ0v) is 14.3. The molecule has 0 aliphatic carbocycles. The summed E-state index contributed by atoms with van der Waals surface area (Å²) in [6.45, 7) is 4.44. The number of hydrogen-bond acceptors (Lipinski definition) is 4. The summed E-state index contributed by atoms with van der Waals surface area (Å²) >= 11 is 7.80. The molecule has 3 aromatic rings. The molecule has 1 aliphatic rings. The third kappa shape index (κ3) is 2.25. The number of carbonyl (C=O) groups excluding carboxylic acids is 1. The third-order valence-corrected chi connectivity index (χ3v) is 5.26. The number of fused-ring (bicyclic) bond motifs is 5. The predicted molar refractivity (Wildman–Crippen MR) is 96.4 cm³/mol. The van der Waals surface area contributed by atoms with Crippen LogP contribution in [-0.2, 0) is 4.79 Å². The summed E-state index contributed by atoms with van der Waals surface area (Å²) in [5.41, 5.74) is 2.76. The zero-order valence-electron chi connectivity index (χ0n) is 12.7. The Labute approximate surface area is 142 Å². The second kappa shape index (κ2) is 5.32. The van der Waals surface area contributed by atoms with Crippen LogP contribution < -0.4 is 4.90 Å². The fraction of sp³-hybridized carbons (Fsp3) is 0.167. The minimum Gasteiger partial charge on any atom is -0.456 e. The van der Waals surface area contributed by atoms with Gasteiger partial charge in [0.2, 0.25) is 0 Å². The second-order valence-electron chi connectivity index (χ2n) is 5.47. The Bertz CT molecular complexity index is 990. The number of ketones is 1. The van der Waals surface area contributed by atoms with Gasteiger partial charge < -0.3 is 9.32 Å². The quantitative estimate of drug-likeness (QED) is 0.567. The summed E-state index contributed by atoms with van der Waals surface area (Å²) in [4.78, 5) is 14.8. The lowest BCUT2D eigenvalue weighted by Gasteiger charge is -2.18. The van der Waals surface area contributed by atoms with E-state index in [-0.39, 0.29) is 5.78 Å². The lowest BCUT2D eigenvalue weighted by atomic mass is 10.1. The summed E-state index contributed by atoms with van der Waals surface area (Å²) in [5, 5.41) is 3.71. The molecule has 0 radical (unpaired) electrons. The Kier molecular flexibility index (Phi) is 3.39. The topological polar surface area (TPSA) is 33.5 Å². The van der Waals surface area contributed by atoms with E-state index in [9.17, 15) is 4.79 Å². The van der Waals surface area contributed by atoms with Crippen LogP contribution in [0.1, 0.15) is 13.8 Å². The summed E-state index contributed by atoms with van der Waals surface area (Å²) in [6.07, 6.45) is 1.69. The molecule has 0 bridgehead atoms. The highest BCUT2D eigenvalue weighted by molar-refractivity contribution is 8.03. The number of thioether (sulfide) groups is 1. The van der Waals surface area contributed by atoms with E-state index in [1.54, 1.807) is 24.8 Å². The lowest BCUT2D eigenvalue weighted by molar-refractivity contribution is -0.112. The summed E-state index contributed by atoms with van der Waals surface area (Å²) in [6, 6.07) is 9.71. The van der Waals surface area contributed by atoms with Crippen molar-refractivity contribution >= 4 is 56.8 Å². The first-order chi connectivity index (χ1) is 11.1. The monoisotopic (exact) mass is 343 g/mol. The first-order valence-electron chi connectivity index (χ1n) is 7.41. The normalized spacial score (nSPS) is 15.8. The molecule has 4 rings (SSSR count). The highest BCUT2D eigenvalue weighted by Gasteiger charge is 2.28. The summed E-state index contributed by atoms with van der Waals surface area (Å²) in [5.74, 6) is 0.0510. The van der Waals surface area contributed by atoms with Crippen molar-refractivity contribution < 1.29 is 9.21 Å². The van der Waals surface area contributed by atoms with Gasteiger partial charge in [-0.15, -0.1) is 0 Å². The molecular weight excluding hydrogens is 330 g/mol. The van der Waals surface area contributed by atoms with E-state index in [1.165, 1.54) is 0 Å². The maximum Gasteiger partial charge on any atom is 0.155 e. The molecule has 0 fully saturated rings. The van der Waals surface area contributed by atoms with Crippen molar-refractivity contribution in [3.05, 3.63) is 46.5 Å². The molecular formula is C18H14ClNO2S. The van der Waals surface area contributed by atoms with Gasteiger partial charge in [-0.1, -0.05) is 23.4 Å². The van der Waals surface area contributed by atoms with E-state index >= 15 is 0 Å². The standard InChI is InChI=1S/C18H14ClNO2S/c1-3-20-16(8-10(2)21)23-15-7-6-14-17(18(15)20)12-9-11(19)4-5-13(12)22-14/h4-9H,3H2,1-2H3/b16-8-. The Hall–Kier alpha value is -1.91. The number of carbonyl (C=O) groups is 1. The van der Waals surface area contributed by atoms with E-state index in [0.29, 0.717) is 5.02 Å². The smallest absolute Gasteiger partial charge is 0.155 e. The van der Waals surface area contributed by atoms with E-state index in [2.05, 4.69) is 17.9 Å². The number of halogens is 1. The van der Waals surface area contributed by atoms with Crippen LogP contribution in [0, 0.1) is 0 Å². The SMILES string of the molecule is CCN1/C(=C/C(C)=O)Sc2ccc3oc4ccc(Cl)cc4c3c21. The number of allylic oxidation sites excluding steroid dienone is 1. The second-order valence-corrected chi connectivity index (χ2v) is 6.97. The van der Waals surface area contributed by atoms with Crippen LogP contribution in [0.4, 0.5) is 5.69 Å². The van der Waals surface area contributed by atoms with E-state index in [0.717, 1.165) is 44.1 Å². The molecule has 116 valence electrons. The average molecular weight is 344 g/mol. The fourth-order valence-electron chi connectivity index (χ4n) is 3.03. The first kappa shape index (κ1) is 14.7. The van der Waals surface area contributed by atoms with E-state index in [4.69, 9.17) is 16.0 Å². The van der Waals surface area contributed by atoms with Gasteiger partial charge in [-0.3, -0.25) is 4.79 Å². The van der Waals surface area contributed by atoms with Crippen molar-refractivity contribution in [1.82, 2.24) is 0 Å². The van der Waals surface area contributed by atoms with Crippen LogP contribution in [0.3, 0.4) is 0 Å². The number of nitrogens with zero attached hydrogens (tertiary/aromatic N) is 1. The molecule has 23 heavy (non-hydrogen) atoms. The number of furan rings is 1. The van der Waals surface area contributed by atoms with Gasteiger partial charge in [0.05, 0.1) is 16.1 Å². The fourth-order valence-corrected chi connectivity index (χ4v) is 4.43. The Morgan fingerprint density at radius 3 is 2.83 bits per heavy atom. The number of rotatable bonds is 2. The molecule has 0 N–H and O–H groups in total. The highest BCUT2D eigenvalue weighted by Crippen LogP contribution is 2.51. The van der Waals surface area contributed by atoms with Crippen LogP contribution in [0.25, 0.3) is 21.9 Å². The largest absolute Gasteiger partial charge is 0.456 e. The first-order valence-corrected chi connectivity index (χ1v) is 8.60. The number of anilines is 1. The Morgan fingerprint density at radius 2 is 2.09 bits per heavy atom. The minimum absolute atomic E-state index is 0.0510. The molecule has 1 aromatic heterocycles. The molecule has 0 saturated heterocycles. The highest BCUT2D eigenvalue weighted by atomic mass is 35.5. The Balaban J connectivity index is 2.06. The van der Waals surface area contributed by atoms with Gasteiger partial charge in [-0.2, -0.15) is 0 Å². The summed E-state index contributed by atoms with van der Waals surface area (Å²) < 4.78 is 5.96. The van der Waals surface area contributed by atoms with E-state index < -0.39 is 0 Å². The minimum atomic E-state index is 0.0510. The van der Waals surface area contributed by atoms with Crippen LogP contribution in [0.15, 0.2) is 50.7 Å². The van der Waals surface area contributed by atoms with Crippen molar-refractivity contribution in [3.63, 3.8) is 0 Å². The van der Waals surface area contributed by atoms with Gasteiger partial charge in [-0.25, -0.2) is 0 Å². The lowest BCUT2D eigenvalue weighted by Crippen LogP contribution is -2.17. The third-order valence-electron chi connectivity index (χ3n) is 3.93. The Morgan fingerprint density at radius 1 is 1.30 bits per heavy atom. The molecule has 0 spiro atoms. The molecule has 0 unspecified atom stereocenters. The average Bonchev–Trinajstić information content (AvgIpc) is 3.03. The maximum atomic E-state index is 11.5. The number of hydrogen-bond donors (Lipinski definition) is 0. The van der Waals surface area contributed by atoms with Gasteiger partial charge in [0.25, 0.3) is 0 Å². The van der Waals surface area contributed by atoms with Gasteiger partial charge >= 0.3 is 0 Å². The van der Waals surface area contributed by atoms with Crippen LogP contribution in [-0.4, -0.2) is 12.3 Å². The van der Waals surface area contributed by atoms with Crippen molar-refractivity contribution in [2.24, 2.45) is 0 Å². The van der Waals surface area contributed by atoms with Crippen molar-refractivity contribution in [3.8, 4) is 0 Å². The van der Waals surface area contributed by atoms with Gasteiger partial charge in [0, 0.05) is 27.9 Å². The molecule has 0 amide bonds. The van der Waals surface area contributed by atoms with Gasteiger partial charge in [0.1, 0.15) is 11.2 Å².